The van der Waals surface area contributed by atoms with E-state index in [1.54, 1.807) is 0 Å². The minimum absolute atomic E-state index is 0.0537. The van der Waals surface area contributed by atoms with Crippen molar-refractivity contribution in [2.75, 3.05) is 6.61 Å². The number of primary amides is 1. The summed E-state index contributed by atoms with van der Waals surface area (Å²) in [6.07, 6.45) is 1.33. The summed E-state index contributed by atoms with van der Waals surface area (Å²) in [5.41, 5.74) is 4.17. The molecule has 7 heteroatoms. The molecule has 0 bridgehead atoms. The molecule has 1 amide bonds. The van der Waals surface area contributed by atoms with Gasteiger partial charge in [0.1, 0.15) is 12.2 Å². The van der Waals surface area contributed by atoms with E-state index in [0.29, 0.717) is 0 Å². The fourth-order valence-electron chi connectivity index (χ4n) is 1.22. The van der Waals surface area contributed by atoms with Crippen molar-refractivity contribution in [1.29, 1.82) is 0 Å². The highest BCUT2D eigenvalue weighted by atomic mass is 16.6. The van der Waals surface area contributed by atoms with Crippen LogP contribution in [-0.4, -0.2) is 23.4 Å². The van der Waals surface area contributed by atoms with Crippen molar-refractivity contribution >= 4 is 17.6 Å². The quantitative estimate of drug-likeness (QED) is 0.363. The van der Waals surface area contributed by atoms with Gasteiger partial charge in [-0.15, -0.1) is 0 Å². The van der Waals surface area contributed by atoms with Crippen LogP contribution in [0.2, 0.25) is 0 Å². The number of rotatable bonds is 5. The SMILES string of the molecule is C=CCOC(=O)c1ccc(C(N)=O)cc1[N+](=O)[O-]. The number of nitrogens with zero attached hydrogens (tertiary/aromatic N) is 1. The molecule has 0 aliphatic carbocycles. The maximum atomic E-state index is 11.5. The van der Waals surface area contributed by atoms with Gasteiger partial charge in [-0.25, -0.2) is 4.79 Å². The van der Waals surface area contributed by atoms with E-state index >= 15 is 0 Å². The number of carbonyl (C=O) groups excluding carboxylic acids is 2. The zero-order valence-corrected chi connectivity index (χ0v) is 9.29. The van der Waals surface area contributed by atoms with Crippen LogP contribution >= 0.6 is 0 Å². The van der Waals surface area contributed by atoms with Crippen LogP contribution in [0.4, 0.5) is 5.69 Å². The van der Waals surface area contributed by atoms with E-state index in [9.17, 15) is 19.7 Å². The summed E-state index contributed by atoms with van der Waals surface area (Å²) in [4.78, 5) is 32.4. The van der Waals surface area contributed by atoms with Gasteiger partial charge in [-0.3, -0.25) is 14.9 Å². The number of nitro benzene ring substituents is 1. The van der Waals surface area contributed by atoms with Gasteiger partial charge < -0.3 is 10.5 Å². The first kappa shape index (κ1) is 13.4. The molecule has 0 radical (unpaired) electrons. The second-order valence-electron chi connectivity index (χ2n) is 3.24. The molecule has 1 aromatic rings. The van der Waals surface area contributed by atoms with Crippen LogP contribution in [0.15, 0.2) is 30.9 Å². The molecule has 1 rings (SSSR count). The Kier molecular flexibility index (Phi) is 4.14. The number of amides is 1. The van der Waals surface area contributed by atoms with E-state index < -0.39 is 22.5 Å². The topological polar surface area (TPSA) is 113 Å². The average molecular weight is 250 g/mol. The lowest BCUT2D eigenvalue weighted by atomic mass is 10.1. The van der Waals surface area contributed by atoms with Crippen LogP contribution in [0, 0.1) is 10.1 Å². The highest BCUT2D eigenvalue weighted by Gasteiger charge is 2.22. The Bertz CT molecular complexity index is 524. The van der Waals surface area contributed by atoms with E-state index in [4.69, 9.17) is 10.5 Å². The molecular formula is C11H10N2O5. The standard InChI is InChI=1S/C11H10N2O5/c1-2-5-18-11(15)8-4-3-7(10(12)14)6-9(8)13(16)17/h2-4,6H,1,5H2,(H2,12,14). The fraction of sp³-hybridized carbons (Fsp3) is 0.0909. The van der Waals surface area contributed by atoms with E-state index in [0.717, 1.165) is 12.1 Å². The van der Waals surface area contributed by atoms with Gasteiger partial charge in [-0.05, 0) is 12.1 Å². The maximum Gasteiger partial charge on any atom is 0.345 e. The van der Waals surface area contributed by atoms with E-state index in [1.807, 2.05) is 0 Å². The third-order valence-electron chi connectivity index (χ3n) is 2.03. The average Bonchev–Trinajstić information content (AvgIpc) is 2.34. The van der Waals surface area contributed by atoms with Gasteiger partial charge in [-0.2, -0.15) is 0 Å². The highest BCUT2D eigenvalue weighted by molar-refractivity contribution is 5.98. The van der Waals surface area contributed by atoms with Gasteiger partial charge in [0, 0.05) is 11.6 Å². The third-order valence-corrected chi connectivity index (χ3v) is 2.03. The molecule has 94 valence electrons. The molecule has 0 unspecified atom stereocenters. The summed E-state index contributed by atoms with van der Waals surface area (Å²) in [5.74, 6) is -1.68. The molecule has 18 heavy (non-hydrogen) atoms. The van der Waals surface area contributed by atoms with Crippen molar-refractivity contribution in [1.82, 2.24) is 0 Å². The summed E-state index contributed by atoms with van der Waals surface area (Å²) in [6.45, 7) is 3.29. The molecule has 0 saturated heterocycles. The molecule has 0 aliphatic rings. The minimum atomic E-state index is -0.863. The summed E-state index contributed by atoms with van der Waals surface area (Å²) in [6, 6.07) is 3.29. The number of nitrogens with two attached hydrogens (primary N) is 1. The summed E-state index contributed by atoms with van der Waals surface area (Å²) >= 11 is 0. The maximum absolute atomic E-state index is 11.5. The van der Waals surface area contributed by atoms with Crippen LogP contribution < -0.4 is 5.73 Å². The molecule has 0 atom stereocenters. The smallest absolute Gasteiger partial charge is 0.345 e. The van der Waals surface area contributed by atoms with Crippen molar-refractivity contribution in [2.45, 2.75) is 0 Å². The van der Waals surface area contributed by atoms with Crippen molar-refractivity contribution in [3.63, 3.8) is 0 Å². The normalized spacial score (nSPS) is 9.56. The van der Waals surface area contributed by atoms with Crippen molar-refractivity contribution in [2.24, 2.45) is 5.73 Å². The van der Waals surface area contributed by atoms with E-state index in [2.05, 4.69) is 6.58 Å². The number of esters is 1. The van der Waals surface area contributed by atoms with Crippen LogP contribution in [0.5, 0.6) is 0 Å². The summed E-state index contributed by atoms with van der Waals surface area (Å²) in [5, 5.41) is 10.8. The molecule has 7 nitrogen and oxygen atoms in total. The van der Waals surface area contributed by atoms with Gasteiger partial charge in [-0.1, -0.05) is 12.7 Å². The Labute approximate surface area is 102 Å². The van der Waals surface area contributed by atoms with E-state index in [1.165, 1.54) is 12.1 Å². The van der Waals surface area contributed by atoms with Crippen molar-refractivity contribution in [3.8, 4) is 0 Å². The molecular weight excluding hydrogens is 240 g/mol. The first-order valence-electron chi connectivity index (χ1n) is 4.83. The predicted octanol–water partition coefficient (Wildman–Crippen LogP) is 1.04. The molecule has 0 saturated carbocycles. The fourth-order valence-corrected chi connectivity index (χ4v) is 1.22. The Morgan fingerprint density at radius 1 is 1.50 bits per heavy atom. The molecule has 0 fully saturated rings. The minimum Gasteiger partial charge on any atom is -0.458 e. The zero-order valence-electron chi connectivity index (χ0n) is 9.29. The monoisotopic (exact) mass is 250 g/mol. The number of hydrogen-bond acceptors (Lipinski definition) is 5. The van der Waals surface area contributed by atoms with Gasteiger partial charge in [0.2, 0.25) is 5.91 Å². The van der Waals surface area contributed by atoms with Crippen molar-refractivity contribution < 1.29 is 19.2 Å². The second kappa shape index (κ2) is 5.58. The number of benzene rings is 1. The first-order chi connectivity index (χ1) is 8.47. The molecule has 0 aliphatic heterocycles. The van der Waals surface area contributed by atoms with Gasteiger partial charge in [0.15, 0.2) is 0 Å². The first-order valence-corrected chi connectivity index (χ1v) is 4.83. The number of hydrogen-bond donors (Lipinski definition) is 1. The Morgan fingerprint density at radius 2 is 2.17 bits per heavy atom. The summed E-state index contributed by atoms with van der Waals surface area (Å²) < 4.78 is 4.69. The Hall–Kier alpha value is -2.70. The van der Waals surface area contributed by atoms with Gasteiger partial charge >= 0.3 is 5.97 Å². The van der Waals surface area contributed by atoms with Crippen LogP contribution in [0.25, 0.3) is 0 Å². The van der Waals surface area contributed by atoms with Gasteiger partial charge in [0.05, 0.1) is 4.92 Å². The number of carbonyl (C=O) groups is 2. The van der Waals surface area contributed by atoms with Crippen LogP contribution in [-0.2, 0) is 4.74 Å². The van der Waals surface area contributed by atoms with E-state index in [-0.39, 0.29) is 17.7 Å². The van der Waals surface area contributed by atoms with Crippen LogP contribution in [0.3, 0.4) is 0 Å². The molecule has 0 spiro atoms. The number of nitro groups is 1. The molecule has 0 heterocycles. The molecule has 2 N–H and O–H groups in total. The Morgan fingerprint density at radius 3 is 2.67 bits per heavy atom. The zero-order chi connectivity index (χ0) is 13.7. The lowest BCUT2D eigenvalue weighted by Crippen LogP contribution is -2.13. The lowest BCUT2D eigenvalue weighted by molar-refractivity contribution is -0.385. The van der Waals surface area contributed by atoms with Gasteiger partial charge in [0.25, 0.3) is 5.69 Å². The number of ether oxygens (including phenoxy) is 1. The largest absolute Gasteiger partial charge is 0.458 e. The Balaban J connectivity index is 3.19. The third kappa shape index (κ3) is 2.91. The second-order valence-corrected chi connectivity index (χ2v) is 3.24. The molecule has 0 aromatic heterocycles. The predicted molar refractivity (Wildman–Crippen MR) is 62.1 cm³/mol. The lowest BCUT2D eigenvalue weighted by Gasteiger charge is -2.04. The summed E-state index contributed by atoms with van der Waals surface area (Å²) in [7, 11) is 0. The highest BCUT2D eigenvalue weighted by Crippen LogP contribution is 2.21. The van der Waals surface area contributed by atoms with Crippen LogP contribution in [0.1, 0.15) is 20.7 Å². The van der Waals surface area contributed by atoms with Crippen molar-refractivity contribution in [3.05, 3.63) is 52.1 Å². The molecule has 1 aromatic carbocycles.